The molecule has 2 bridgehead atoms. The number of halogens is 1. The van der Waals surface area contributed by atoms with E-state index in [1.165, 1.54) is 4.90 Å². The number of likely N-dealkylation sites (N-methyl/N-ethyl adjacent to an activating group) is 1. The first-order chi connectivity index (χ1) is 15.3. The molecule has 8 nitrogen and oxygen atoms in total. The number of fused-ring (bicyclic) bond motifs is 1. The lowest BCUT2D eigenvalue weighted by atomic mass is 9.70. The Labute approximate surface area is 198 Å². The van der Waals surface area contributed by atoms with Gasteiger partial charge in [-0.1, -0.05) is 41.4 Å². The van der Waals surface area contributed by atoms with Crippen molar-refractivity contribution in [3.8, 4) is 0 Å². The van der Waals surface area contributed by atoms with Crippen molar-refractivity contribution in [2.75, 3.05) is 39.8 Å². The van der Waals surface area contributed by atoms with Gasteiger partial charge in [-0.2, -0.15) is 0 Å². The molecule has 32 heavy (non-hydrogen) atoms. The second-order valence-electron chi connectivity index (χ2n) is 8.85. The van der Waals surface area contributed by atoms with Crippen LogP contribution in [0, 0.1) is 11.8 Å². The topological polar surface area (TPSA) is 90.4 Å². The number of hydrogen-bond donors (Lipinski definition) is 1. The summed E-state index contributed by atoms with van der Waals surface area (Å²) in [6.45, 7) is 10.5. The van der Waals surface area contributed by atoms with Gasteiger partial charge in [0.15, 0.2) is 0 Å². The zero-order valence-corrected chi connectivity index (χ0v) is 20.5. The van der Waals surface area contributed by atoms with E-state index in [9.17, 15) is 19.5 Å². The molecule has 6 atom stereocenters. The zero-order chi connectivity index (χ0) is 23.6. The van der Waals surface area contributed by atoms with Crippen LogP contribution in [0.15, 0.2) is 25.3 Å². The van der Waals surface area contributed by atoms with Crippen molar-refractivity contribution in [2.45, 2.75) is 48.8 Å². The molecule has 3 amide bonds. The number of alkyl halides is 1. The molecule has 1 N–H and O–H groups in total. The fraction of sp³-hybridized carbons (Fsp3) is 0.696. The van der Waals surface area contributed by atoms with E-state index in [2.05, 4.69) is 36.0 Å². The highest BCUT2D eigenvalue weighted by Crippen LogP contribution is 2.60. The maximum Gasteiger partial charge on any atom is 0.248 e. The Morgan fingerprint density at radius 1 is 1.31 bits per heavy atom. The lowest BCUT2D eigenvalue weighted by molar-refractivity contribution is -0.148. The van der Waals surface area contributed by atoms with Gasteiger partial charge in [0, 0.05) is 38.1 Å². The Hall–Kier alpha value is -1.71. The molecule has 3 aliphatic rings. The first-order valence-electron chi connectivity index (χ1n) is 11.3. The lowest BCUT2D eigenvalue weighted by Crippen LogP contribution is -2.57. The predicted molar refractivity (Wildman–Crippen MR) is 124 cm³/mol. The Morgan fingerprint density at radius 3 is 2.59 bits per heavy atom. The summed E-state index contributed by atoms with van der Waals surface area (Å²) in [6.07, 6.45) is 5.03. The second-order valence-corrected chi connectivity index (χ2v) is 10.0. The van der Waals surface area contributed by atoms with E-state index >= 15 is 0 Å². The van der Waals surface area contributed by atoms with Crippen LogP contribution >= 0.6 is 15.9 Å². The van der Waals surface area contributed by atoms with Crippen LogP contribution < -0.4 is 0 Å². The maximum atomic E-state index is 13.8. The summed E-state index contributed by atoms with van der Waals surface area (Å²) < 4.78 is 6.43. The first kappa shape index (κ1) is 24.9. The highest BCUT2D eigenvalue weighted by atomic mass is 79.9. The van der Waals surface area contributed by atoms with Gasteiger partial charge in [-0.3, -0.25) is 14.4 Å². The molecular weight excluding hydrogens is 478 g/mol. The van der Waals surface area contributed by atoms with Crippen molar-refractivity contribution in [1.82, 2.24) is 14.7 Å². The van der Waals surface area contributed by atoms with Gasteiger partial charge in [-0.05, 0) is 12.8 Å². The molecule has 0 aromatic carbocycles. The number of unbranched alkanes of at least 4 members (excludes halogenated alkanes) is 1. The van der Waals surface area contributed by atoms with E-state index in [1.807, 2.05) is 0 Å². The summed E-state index contributed by atoms with van der Waals surface area (Å²) in [5, 5.41) is 9.67. The normalized spacial score (nSPS) is 32.7. The van der Waals surface area contributed by atoms with Crippen LogP contribution in [0.2, 0.25) is 0 Å². The van der Waals surface area contributed by atoms with Gasteiger partial charge in [0.05, 0.1) is 24.5 Å². The van der Waals surface area contributed by atoms with Gasteiger partial charge in [0.2, 0.25) is 17.7 Å². The molecule has 3 unspecified atom stereocenters. The quantitative estimate of drug-likeness (QED) is 0.332. The largest absolute Gasteiger partial charge is 0.395 e. The minimum atomic E-state index is -1.09. The highest BCUT2D eigenvalue weighted by molar-refractivity contribution is 9.09. The third-order valence-electron chi connectivity index (χ3n) is 6.87. The Morgan fingerprint density at radius 2 is 2.00 bits per heavy atom. The van der Waals surface area contributed by atoms with Crippen LogP contribution in [0.25, 0.3) is 0 Å². The Kier molecular flexibility index (Phi) is 7.83. The molecule has 1 spiro atoms. The number of ether oxygens (including phenoxy) is 1. The van der Waals surface area contributed by atoms with E-state index in [1.54, 1.807) is 29.0 Å². The summed E-state index contributed by atoms with van der Waals surface area (Å²) in [5.74, 6) is -2.13. The molecule has 3 aliphatic heterocycles. The SMILES string of the molecule is C=CCN(C)C(=O)[C@H]1[C@H]2C(=O)N(CCO)C(C(=O)N(CC=C)CCCC)C23CC(Br)[C@@H]1O3. The average Bonchev–Trinajstić information content (AvgIpc) is 3.34. The number of amides is 3. The minimum Gasteiger partial charge on any atom is -0.395 e. The number of aliphatic hydroxyl groups excluding tert-OH is 1. The zero-order valence-electron chi connectivity index (χ0n) is 18.9. The van der Waals surface area contributed by atoms with Gasteiger partial charge in [-0.15, -0.1) is 13.2 Å². The van der Waals surface area contributed by atoms with Gasteiger partial charge < -0.3 is 24.5 Å². The molecule has 3 fully saturated rings. The van der Waals surface area contributed by atoms with Gasteiger partial charge in [-0.25, -0.2) is 0 Å². The summed E-state index contributed by atoms with van der Waals surface area (Å²) in [4.78, 5) is 45.3. The van der Waals surface area contributed by atoms with Crippen molar-refractivity contribution in [3.05, 3.63) is 25.3 Å². The monoisotopic (exact) mass is 511 g/mol. The number of likely N-dealkylation sites (tertiary alicyclic amines) is 1. The summed E-state index contributed by atoms with van der Waals surface area (Å²) in [6, 6.07) is -0.878. The fourth-order valence-corrected chi connectivity index (χ4v) is 6.49. The van der Waals surface area contributed by atoms with Crippen LogP contribution in [0.5, 0.6) is 0 Å². The summed E-state index contributed by atoms with van der Waals surface area (Å²) in [5.41, 5.74) is -1.09. The standard InChI is InChI=1S/C23H34BrN3O5/c1-5-8-11-26(10-7-3)22(31)19-23-14-15(24)18(32-23)16(20(29)25(4)9-6-2)17(23)21(30)27(19)12-13-28/h6-7,15-19,28H,2-3,5,8-14H2,1,4H3/t15?,16-,17-,18-,19?,23?/m0/s1. The third-order valence-corrected chi connectivity index (χ3v) is 7.72. The number of aliphatic hydroxyl groups is 1. The molecule has 9 heteroatoms. The third kappa shape index (κ3) is 3.92. The molecule has 178 valence electrons. The van der Waals surface area contributed by atoms with Gasteiger partial charge >= 0.3 is 0 Å². The van der Waals surface area contributed by atoms with Crippen LogP contribution in [0.3, 0.4) is 0 Å². The van der Waals surface area contributed by atoms with Crippen molar-refractivity contribution in [3.63, 3.8) is 0 Å². The van der Waals surface area contributed by atoms with Crippen LogP contribution in [0.4, 0.5) is 0 Å². The molecule has 0 aromatic rings. The number of rotatable bonds is 11. The second kappa shape index (κ2) is 10.1. The molecule has 0 aromatic heterocycles. The van der Waals surface area contributed by atoms with Crippen LogP contribution in [-0.2, 0) is 19.1 Å². The molecule has 3 heterocycles. The molecule has 0 aliphatic carbocycles. The molecule has 3 rings (SSSR count). The number of hydrogen-bond acceptors (Lipinski definition) is 5. The lowest BCUT2D eigenvalue weighted by Gasteiger charge is -2.37. The smallest absolute Gasteiger partial charge is 0.248 e. The number of carbonyl (C=O) groups excluding carboxylic acids is 3. The van der Waals surface area contributed by atoms with E-state index in [-0.39, 0.29) is 35.7 Å². The van der Waals surface area contributed by atoms with Crippen molar-refractivity contribution in [1.29, 1.82) is 0 Å². The first-order valence-corrected chi connectivity index (χ1v) is 12.2. The predicted octanol–water partition coefficient (Wildman–Crippen LogP) is 1.19. The number of carbonyl (C=O) groups is 3. The number of nitrogens with zero attached hydrogens (tertiary/aromatic N) is 3. The number of β-amino-alcohol motifs (C(OH)–C–C–N with tert-alkyl or cyclic N) is 1. The maximum absolute atomic E-state index is 13.8. The van der Waals surface area contributed by atoms with Crippen LogP contribution in [-0.4, -0.2) is 99.9 Å². The molecule has 3 saturated heterocycles. The Bertz CT molecular complexity index is 777. The minimum absolute atomic E-state index is 0.0214. The van der Waals surface area contributed by atoms with Gasteiger partial charge in [0.1, 0.15) is 11.6 Å². The van der Waals surface area contributed by atoms with Gasteiger partial charge in [0.25, 0.3) is 0 Å². The van der Waals surface area contributed by atoms with Crippen molar-refractivity contribution < 1.29 is 24.2 Å². The Balaban J connectivity index is 2.02. The van der Waals surface area contributed by atoms with E-state index < -0.39 is 29.6 Å². The fourth-order valence-electron chi connectivity index (χ4n) is 5.55. The molecule has 0 radical (unpaired) electrons. The van der Waals surface area contributed by atoms with E-state index in [4.69, 9.17) is 4.74 Å². The van der Waals surface area contributed by atoms with Crippen molar-refractivity contribution >= 4 is 33.7 Å². The highest BCUT2D eigenvalue weighted by Gasteiger charge is 2.76. The van der Waals surface area contributed by atoms with E-state index in [0.717, 1.165) is 12.8 Å². The molecular formula is C23H34BrN3O5. The van der Waals surface area contributed by atoms with Crippen LogP contribution in [0.1, 0.15) is 26.2 Å². The summed E-state index contributed by atoms with van der Waals surface area (Å²) in [7, 11) is 1.68. The van der Waals surface area contributed by atoms with Crippen molar-refractivity contribution in [2.24, 2.45) is 11.8 Å². The molecule has 0 saturated carbocycles. The average molecular weight is 512 g/mol. The summed E-state index contributed by atoms with van der Waals surface area (Å²) >= 11 is 3.65. The van der Waals surface area contributed by atoms with E-state index in [0.29, 0.717) is 26.1 Å².